The quantitative estimate of drug-likeness (QED) is 0.687. The summed E-state index contributed by atoms with van der Waals surface area (Å²) in [6.07, 6.45) is 1.70. The number of rotatable bonds is 3. The van der Waals surface area contributed by atoms with Crippen LogP contribution in [0.4, 0.5) is 0 Å². The van der Waals surface area contributed by atoms with Gasteiger partial charge in [-0.1, -0.05) is 0 Å². The maximum Gasteiger partial charge on any atom is 0.211 e. The average molecular weight is 264 g/mol. The van der Waals surface area contributed by atoms with E-state index < -0.39 is 15.6 Å². The van der Waals surface area contributed by atoms with Gasteiger partial charge in [-0.05, 0) is 6.42 Å². The van der Waals surface area contributed by atoms with Crippen LogP contribution in [-0.2, 0) is 14.8 Å². The third-order valence-electron chi connectivity index (χ3n) is 3.39. The molecule has 0 aliphatic carbocycles. The van der Waals surface area contributed by atoms with Crippen LogP contribution in [0.5, 0.6) is 0 Å². The molecule has 17 heavy (non-hydrogen) atoms. The standard InChI is InChI=1S/C10H20N2O4S/c1-17(14,15)12-3-2-10(13,9-12)8-11-4-6-16-7-5-11/h13H,2-9H2,1H3. The van der Waals surface area contributed by atoms with Gasteiger partial charge in [0.1, 0.15) is 0 Å². The van der Waals surface area contributed by atoms with Crippen molar-refractivity contribution in [3.63, 3.8) is 0 Å². The van der Waals surface area contributed by atoms with Gasteiger partial charge in [0.05, 0.1) is 25.1 Å². The van der Waals surface area contributed by atoms with E-state index in [2.05, 4.69) is 4.90 Å². The van der Waals surface area contributed by atoms with Crippen LogP contribution in [0.15, 0.2) is 0 Å². The number of nitrogens with zero attached hydrogens (tertiary/aromatic N) is 2. The fourth-order valence-electron chi connectivity index (χ4n) is 2.41. The average Bonchev–Trinajstić information content (AvgIpc) is 2.62. The van der Waals surface area contributed by atoms with E-state index in [1.807, 2.05) is 0 Å². The fourth-order valence-corrected chi connectivity index (χ4v) is 3.30. The minimum atomic E-state index is -3.18. The number of hydrogen-bond donors (Lipinski definition) is 1. The zero-order chi connectivity index (χ0) is 12.5. The maximum atomic E-state index is 11.4. The second-order valence-electron chi connectivity index (χ2n) is 4.96. The highest BCUT2D eigenvalue weighted by atomic mass is 32.2. The lowest BCUT2D eigenvalue weighted by molar-refractivity contribution is -0.0239. The van der Waals surface area contributed by atoms with Crippen molar-refractivity contribution in [2.24, 2.45) is 0 Å². The molecule has 1 unspecified atom stereocenters. The first-order valence-corrected chi connectivity index (χ1v) is 7.72. The Labute approximate surface area is 102 Å². The van der Waals surface area contributed by atoms with Crippen LogP contribution < -0.4 is 0 Å². The molecule has 0 aromatic heterocycles. The number of sulfonamides is 1. The molecule has 2 rings (SSSR count). The summed E-state index contributed by atoms with van der Waals surface area (Å²) in [6, 6.07) is 0. The minimum Gasteiger partial charge on any atom is -0.387 e. The SMILES string of the molecule is CS(=O)(=O)N1CCC(O)(CN2CCOCC2)C1. The van der Waals surface area contributed by atoms with Gasteiger partial charge < -0.3 is 9.84 Å². The van der Waals surface area contributed by atoms with Crippen molar-refractivity contribution in [2.45, 2.75) is 12.0 Å². The number of ether oxygens (including phenoxy) is 1. The predicted molar refractivity (Wildman–Crippen MR) is 63.2 cm³/mol. The zero-order valence-corrected chi connectivity index (χ0v) is 10.9. The molecule has 2 fully saturated rings. The molecule has 7 heteroatoms. The van der Waals surface area contributed by atoms with Gasteiger partial charge in [-0.25, -0.2) is 8.42 Å². The molecule has 0 radical (unpaired) electrons. The van der Waals surface area contributed by atoms with Crippen molar-refractivity contribution in [3.05, 3.63) is 0 Å². The molecule has 0 amide bonds. The largest absolute Gasteiger partial charge is 0.387 e. The maximum absolute atomic E-state index is 11.4. The molecule has 0 saturated carbocycles. The van der Waals surface area contributed by atoms with Gasteiger partial charge in [0.25, 0.3) is 0 Å². The number of β-amino-alcohol motifs (C(OH)–C–C–N with tert-alkyl or cyclic N) is 1. The summed E-state index contributed by atoms with van der Waals surface area (Å²) in [5.74, 6) is 0. The summed E-state index contributed by atoms with van der Waals surface area (Å²) < 4.78 is 29.4. The molecule has 2 aliphatic heterocycles. The lowest BCUT2D eigenvalue weighted by Gasteiger charge is -2.33. The van der Waals surface area contributed by atoms with Gasteiger partial charge in [-0.3, -0.25) is 4.90 Å². The Hall–Kier alpha value is -0.210. The molecule has 6 nitrogen and oxygen atoms in total. The molecular formula is C10H20N2O4S. The summed E-state index contributed by atoms with van der Waals surface area (Å²) in [6.45, 7) is 4.14. The molecule has 0 spiro atoms. The van der Waals surface area contributed by atoms with E-state index in [4.69, 9.17) is 4.74 Å². The lowest BCUT2D eigenvalue weighted by Crippen LogP contribution is -2.49. The van der Waals surface area contributed by atoms with E-state index in [0.29, 0.717) is 32.7 Å². The highest BCUT2D eigenvalue weighted by Crippen LogP contribution is 2.24. The normalized spacial score (nSPS) is 33.1. The van der Waals surface area contributed by atoms with Crippen molar-refractivity contribution < 1.29 is 18.3 Å². The van der Waals surface area contributed by atoms with Gasteiger partial charge in [-0.15, -0.1) is 0 Å². The Bertz CT molecular complexity index is 367. The highest BCUT2D eigenvalue weighted by molar-refractivity contribution is 7.88. The third-order valence-corrected chi connectivity index (χ3v) is 4.64. The van der Waals surface area contributed by atoms with Gasteiger partial charge in [0.2, 0.25) is 10.0 Å². The van der Waals surface area contributed by atoms with E-state index in [1.54, 1.807) is 0 Å². The molecule has 1 N–H and O–H groups in total. The topological polar surface area (TPSA) is 70.1 Å². The fraction of sp³-hybridized carbons (Fsp3) is 1.00. The van der Waals surface area contributed by atoms with E-state index in [0.717, 1.165) is 13.1 Å². The Balaban J connectivity index is 1.92. The first-order valence-electron chi connectivity index (χ1n) is 5.87. The predicted octanol–water partition coefficient (Wildman–Crippen LogP) is -1.28. The highest BCUT2D eigenvalue weighted by Gasteiger charge is 2.40. The monoisotopic (exact) mass is 264 g/mol. The Morgan fingerprint density at radius 2 is 1.94 bits per heavy atom. The molecule has 2 heterocycles. The number of morpholine rings is 1. The second kappa shape index (κ2) is 4.81. The van der Waals surface area contributed by atoms with Crippen LogP contribution in [0.2, 0.25) is 0 Å². The Morgan fingerprint density at radius 1 is 1.29 bits per heavy atom. The van der Waals surface area contributed by atoms with Gasteiger partial charge >= 0.3 is 0 Å². The number of hydrogen-bond acceptors (Lipinski definition) is 5. The van der Waals surface area contributed by atoms with Crippen LogP contribution in [0, 0.1) is 0 Å². The van der Waals surface area contributed by atoms with Crippen LogP contribution in [0.3, 0.4) is 0 Å². The van der Waals surface area contributed by atoms with Crippen LogP contribution >= 0.6 is 0 Å². The summed E-state index contributed by atoms with van der Waals surface area (Å²) >= 11 is 0. The molecule has 2 aliphatic rings. The Morgan fingerprint density at radius 3 is 2.47 bits per heavy atom. The zero-order valence-electron chi connectivity index (χ0n) is 10.1. The van der Waals surface area contributed by atoms with Crippen molar-refractivity contribution in [3.8, 4) is 0 Å². The smallest absolute Gasteiger partial charge is 0.211 e. The Kier molecular flexibility index (Phi) is 3.74. The molecular weight excluding hydrogens is 244 g/mol. The summed E-state index contributed by atoms with van der Waals surface area (Å²) in [5, 5.41) is 10.4. The number of aliphatic hydroxyl groups is 1. The molecule has 0 aromatic rings. The molecule has 1 atom stereocenters. The second-order valence-corrected chi connectivity index (χ2v) is 6.94. The first-order chi connectivity index (χ1) is 7.89. The summed E-state index contributed by atoms with van der Waals surface area (Å²) in [7, 11) is -3.18. The van der Waals surface area contributed by atoms with Crippen LogP contribution in [-0.4, -0.2) is 80.5 Å². The van der Waals surface area contributed by atoms with E-state index >= 15 is 0 Å². The van der Waals surface area contributed by atoms with Crippen molar-refractivity contribution in [2.75, 3.05) is 52.2 Å². The van der Waals surface area contributed by atoms with Gasteiger partial charge in [0.15, 0.2) is 0 Å². The van der Waals surface area contributed by atoms with Gasteiger partial charge in [0, 0.05) is 32.7 Å². The van der Waals surface area contributed by atoms with Crippen LogP contribution in [0.1, 0.15) is 6.42 Å². The minimum absolute atomic E-state index is 0.211. The van der Waals surface area contributed by atoms with Crippen molar-refractivity contribution in [1.29, 1.82) is 0 Å². The third kappa shape index (κ3) is 3.38. The molecule has 0 aromatic carbocycles. The van der Waals surface area contributed by atoms with Crippen molar-refractivity contribution >= 4 is 10.0 Å². The molecule has 2 saturated heterocycles. The molecule has 100 valence electrons. The van der Waals surface area contributed by atoms with Crippen molar-refractivity contribution in [1.82, 2.24) is 9.21 Å². The first kappa shape index (κ1) is 13.2. The van der Waals surface area contributed by atoms with E-state index in [9.17, 15) is 13.5 Å². The summed E-state index contributed by atoms with van der Waals surface area (Å²) in [5.41, 5.74) is -0.902. The molecule has 0 bridgehead atoms. The summed E-state index contributed by atoms with van der Waals surface area (Å²) in [4.78, 5) is 2.13. The van der Waals surface area contributed by atoms with Gasteiger partial charge in [-0.2, -0.15) is 4.31 Å². The lowest BCUT2D eigenvalue weighted by atomic mass is 10.0. The van der Waals surface area contributed by atoms with E-state index in [-0.39, 0.29) is 6.54 Å². The van der Waals surface area contributed by atoms with Crippen LogP contribution in [0.25, 0.3) is 0 Å². The van der Waals surface area contributed by atoms with E-state index in [1.165, 1.54) is 10.6 Å².